The topological polar surface area (TPSA) is 124 Å². The average Bonchev–Trinajstić information content (AvgIpc) is 3.55. The molecule has 240 valence electrons. The molecule has 2 aromatic rings. The molecule has 45 heavy (non-hydrogen) atoms. The van der Waals surface area contributed by atoms with Gasteiger partial charge in [-0.2, -0.15) is 0 Å². The van der Waals surface area contributed by atoms with Crippen LogP contribution in [-0.2, 0) is 31.0 Å². The van der Waals surface area contributed by atoms with Crippen LogP contribution in [0.2, 0.25) is 10.0 Å². The van der Waals surface area contributed by atoms with E-state index in [0.29, 0.717) is 24.0 Å². The molecule has 0 radical (unpaired) electrons. The summed E-state index contributed by atoms with van der Waals surface area (Å²) in [4.78, 5) is 46.3. The van der Waals surface area contributed by atoms with Crippen molar-refractivity contribution < 1.29 is 29.1 Å². The van der Waals surface area contributed by atoms with Gasteiger partial charge in [0.05, 0.1) is 28.7 Å². The van der Waals surface area contributed by atoms with Gasteiger partial charge in [-0.15, -0.1) is 0 Å². The van der Waals surface area contributed by atoms with E-state index in [0.717, 1.165) is 13.1 Å². The Morgan fingerprint density at radius 2 is 1.44 bits per heavy atom. The summed E-state index contributed by atoms with van der Waals surface area (Å²) in [6.45, 7) is 3.98. The number of carbonyl (C=O) groups excluding carboxylic acids is 1. The molecular weight excluding hydrogens is 637 g/mol. The monoisotopic (exact) mass is 673 g/mol. The highest BCUT2D eigenvalue weighted by Crippen LogP contribution is 2.51. The van der Waals surface area contributed by atoms with Crippen LogP contribution in [0.15, 0.2) is 76.0 Å². The largest absolute Gasteiger partial charge is 0.611 e. The van der Waals surface area contributed by atoms with Gasteiger partial charge in [0.25, 0.3) is 0 Å². The predicted molar refractivity (Wildman–Crippen MR) is 174 cm³/mol. The second-order valence-corrected chi connectivity index (χ2v) is 14.1. The number of rotatable bonds is 9. The fraction of sp³-hybridized carbons (Fsp3) is 0.424. The van der Waals surface area contributed by atoms with Crippen molar-refractivity contribution in [2.75, 3.05) is 39.0 Å². The van der Waals surface area contributed by atoms with Gasteiger partial charge >= 0.3 is 11.9 Å². The van der Waals surface area contributed by atoms with Crippen molar-refractivity contribution in [1.29, 1.82) is 0 Å². The Morgan fingerprint density at radius 1 is 0.889 bits per heavy atom. The normalized spacial score (nSPS) is 22.2. The molecule has 5 rings (SSSR count). The zero-order valence-electron chi connectivity index (χ0n) is 25.3. The van der Waals surface area contributed by atoms with Crippen LogP contribution in [-0.4, -0.2) is 92.3 Å². The van der Waals surface area contributed by atoms with Crippen LogP contribution < -0.4 is 0 Å². The molecular formula is C33H37Cl2N3O6S. The number of carbonyl (C=O) groups is 3. The predicted octanol–water partition coefficient (Wildman–Crippen LogP) is 5.16. The van der Waals surface area contributed by atoms with Gasteiger partial charge in [-0.25, -0.2) is 9.59 Å². The third kappa shape index (κ3) is 6.49. The van der Waals surface area contributed by atoms with Crippen molar-refractivity contribution in [1.82, 2.24) is 14.7 Å². The molecule has 0 spiro atoms. The number of halogens is 2. The van der Waals surface area contributed by atoms with Crippen molar-refractivity contribution >= 4 is 52.2 Å². The second kappa shape index (κ2) is 13.8. The minimum absolute atomic E-state index is 0.0734. The SMILES string of the molecule is CN1C(CC(=O)N2CCN(C3CCCC3)CC2)=C(C(=O)O)[C@](C)(c2c(Cl)cccc2Cl)C(C(=O)O)=C1C[S@+]([O-])c1ccccc1. The van der Waals surface area contributed by atoms with Crippen LogP contribution in [0.4, 0.5) is 0 Å². The molecule has 3 aliphatic rings. The maximum absolute atomic E-state index is 13.9. The van der Waals surface area contributed by atoms with Crippen LogP contribution in [0.1, 0.15) is 44.6 Å². The molecule has 0 bridgehead atoms. The lowest BCUT2D eigenvalue weighted by atomic mass is 9.66. The van der Waals surface area contributed by atoms with Crippen molar-refractivity contribution in [2.45, 2.75) is 55.4 Å². The van der Waals surface area contributed by atoms with Crippen molar-refractivity contribution in [3.05, 3.63) is 86.7 Å². The Bertz CT molecular complexity index is 1520. The summed E-state index contributed by atoms with van der Waals surface area (Å²) >= 11 is 11.6. The smallest absolute Gasteiger partial charge is 0.334 e. The van der Waals surface area contributed by atoms with Crippen molar-refractivity contribution in [2.24, 2.45) is 0 Å². The number of benzene rings is 2. The first kappa shape index (κ1) is 33.3. The summed E-state index contributed by atoms with van der Waals surface area (Å²) in [6, 6.07) is 13.8. The van der Waals surface area contributed by atoms with Gasteiger partial charge in [-0.05, 0) is 55.2 Å². The van der Waals surface area contributed by atoms with Gasteiger partial charge in [-0.1, -0.05) is 60.3 Å². The van der Waals surface area contributed by atoms with Crippen LogP contribution in [0.25, 0.3) is 0 Å². The van der Waals surface area contributed by atoms with E-state index in [-0.39, 0.29) is 56.2 Å². The Morgan fingerprint density at radius 3 is 2.00 bits per heavy atom. The maximum atomic E-state index is 13.9. The number of hydrogen-bond acceptors (Lipinski definition) is 6. The summed E-state index contributed by atoms with van der Waals surface area (Å²) in [5.41, 5.74) is -2.22. The third-order valence-corrected chi connectivity index (χ3v) is 11.3. The number of aliphatic carboxylic acids is 2. The molecule has 2 atom stereocenters. The second-order valence-electron chi connectivity index (χ2n) is 11.9. The molecule has 0 unspecified atom stereocenters. The van der Waals surface area contributed by atoms with Crippen molar-refractivity contribution in [3.63, 3.8) is 0 Å². The van der Waals surface area contributed by atoms with Gasteiger partial charge in [0, 0.05) is 60.6 Å². The van der Waals surface area contributed by atoms with Gasteiger partial charge < -0.3 is 24.6 Å². The molecule has 2 aromatic carbocycles. The summed E-state index contributed by atoms with van der Waals surface area (Å²) in [7, 11) is 1.53. The standard InChI is InChI=1S/C33H37Cl2N3O6S/c1-33(28-23(34)13-8-14-24(28)35)29(31(40)41)25(19-27(39)38-17-15-37(16-18-38)21-9-6-7-10-21)36(2)26(30(33)32(42)43)20-45(44)22-11-4-3-5-12-22/h3-5,8,11-14,21H,6-7,9-10,15-20H2,1-2H3,(H,40,41)(H,42,43)/t33-,45-/m0/s1. The zero-order chi connectivity index (χ0) is 32.5. The fourth-order valence-electron chi connectivity index (χ4n) is 7.12. The fourth-order valence-corrected chi connectivity index (χ4v) is 9.11. The Kier molecular flexibility index (Phi) is 10.2. The Hall–Kier alpha value is -3.02. The lowest BCUT2D eigenvalue weighted by Crippen LogP contribution is -2.52. The molecule has 2 N–H and O–H groups in total. The van der Waals surface area contributed by atoms with E-state index in [2.05, 4.69) is 4.90 Å². The Balaban J connectivity index is 1.60. The summed E-state index contributed by atoms with van der Waals surface area (Å²) < 4.78 is 13.6. The van der Waals surface area contributed by atoms with Crippen molar-refractivity contribution in [3.8, 4) is 0 Å². The number of nitrogens with zero attached hydrogens (tertiary/aromatic N) is 3. The van der Waals surface area contributed by atoms with Crippen LogP contribution in [0, 0.1) is 0 Å². The number of hydrogen-bond donors (Lipinski definition) is 2. The van der Waals surface area contributed by atoms with E-state index in [9.17, 15) is 29.1 Å². The zero-order valence-corrected chi connectivity index (χ0v) is 27.6. The molecule has 2 heterocycles. The van der Waals surface area contributed by atoms with Crippen LogP contribution >= 0.6 is 23.2 Å². The van der Waals surface area contributed by atoms with Crippen LogP contribution in [0.3, 0.4) is 0 Å². The molecule has 1 aliphatic carbocycles. The molecule has 2 fully saturated rings. The molecule has 1 saturated carbocycles. The van der Waals surface area contributed by atoms with E-state index in [1.54, 1.807) is 41.3 Å². The average molecular weight is 675 g/mol. The Labute approximate surface area is 276 Å². The number of carboxylic acid groups (broad SMARTS) is 2. The first-order valence-corrected chi connectivity index (χ1v) is 17.1. The lowest BCUT2D eigenvalue weighted by Gasteiger charge is -2.44. The van der Waals surface area contributed by atoms with E-state index < -0.39 is 28.5 Å². The van der Waals surface area contributed by atoms with E-state index in [4.69, 9.17) is 23.2 Å². The first-order chi connectivity index (χ1) is 21.4. The number of amides is 1. The van der Waals surface area contributed by atoms with Crippen LogP contribution in [0.5, 0.6) is 0 Å². The van der Waals surface area contributed by atoms with Gasteiger partial charge in [0.1, 0.15) is 0 Å². The minimum atomic E-state index is -1.90. The summed E-state index contributed by atoms with van der Waals surface area (Å²) in [6.07, 6.45) is 4.48. The van der Waals surface area contributed by atoms with E-state index in [1.807, 2.05) is 0 Å². The quantitative estimate of drug-likeness (QED) is 0.350. The molecule has 9 nitrogen and oxygen atoms in total. The highest BCUT2D eigenvalue weighted by molar-refractivity contribution is 7.91. The first-order valence-electron chi connectivity index (χ1n) is 15.0. The molecule has 2 aliphatic heterocycles. The summed E-state index contributed by atoms with van der Waals surface area (Å²) in [5, 5.41) is 21.6. The van der Waals surface area contributed by atoms with E-state index in [1.165, 1.54) is 56.7 Å². The van der Waals surface area contributed by atoms with Gasteiger partial charge in [0.15, 0.2) is 10.6 Å². The number of carboxylic acids is 2. The highest BCUT2D eigenvalue weighted by atomic mass is 35.5. The van der Waals surface area contributed by atoms with E-state index >= 15 is 0 Å². The molecule has 1 saturated heterocycles. The maximum Gasteiger partial charge on any atom is 0.334 e. The third-order valence-electron chi connectivity index (χ3n) is 9.38. The summed E-state index contributed by atoms with van der Waals surface area (Å²) in [5.74, 6) is -3.33. The lowest BCUT2D eigenvalue weighted by molar-refractivity contribution is -0.134. The van der Waals surface area contributed by atoms with Gasteiger partial charge in [-0.3, -0.25) is 9.69 Å². The van der Waals surface area contributed by atoms with Gasteiger partial charge in [0.2, 0.25) is 5.91 Å². The minimum Gasteiger partial charge on any atom is -0.611 e. The number of piperazine rings is 1. The highest BCUT2D eigenvalue weighted by Gasteiger charge is 2.52. The molecule has 1 amide bonds. The molecule has 0 aromatic heterocycles. The molecule has 12 heteroatoms.